The van der Waals surface area contributed by atoms with E-state index < -0.39 is 0 Å². The van der Waals surface area contributed by atoms with Gasteiger partial charge in [0.2, 0.25) is 5.95 Å². The van der Waals surface area contributed by atoms with E-state index in [0.29, 0.717) is 11.9 Å². The molecule has 0 saturated heterocycles. The molecule has 1 aliphatic rings. The SMILES string of the molecule is CC1CCC(Cn2c(N)nc3cccc(Cl)c32)C1. The molecular formula is C14H18ClN3. The van der Waals surface area contributed by atoms with E-state index in [0.717, 1.165) is 28.5 Å². The summed E-state index contributed by atoms with van der Waals surface area (Å²) in [6, 6.07) is 5.78. The topological polar surface area (TPSA) is 43.8 Å². The highest BCUT2D eigenvalue weighted by molar-refractivity contribution is 6.35. The number of aromatic nitrogens is 2. The molecule has 1 aliphatic carbocycles. The molecule has 0 spiro atoms. The number of benzene rings is 1. The summed E-state index contributed by atoms with van der Waals surface area (Å²) in [6.07, 6.45) is 3.89. The molecule has 2 N–H and O–H groups in total. The molecule has 0 bridgehead atoms. The summed E-state index contributed by atoms with van der Waals surface area (Å²) in [5.74, 6) is 2.12. The molecule has 3 nitrogen and oxygen atoms in total. The average molecular weight is 264 g/mol. The molecule has 96 valence electrons. The van der Waals surface area contributed by atoms with Gasteiger partial charge in [0, 0.05) is 6.54 Å². The van der Waals surface area contributed by atoms with Gasteiger partial charge in [-0.1, -0.05) is 31.0 Å². The third kappa shape index (κ3) is 1.97. The van der Waals surface area contributed by atoms with E-state index in [9.17, 15) is 0 Å². The molecule has 2 unspecified atom stereocenters. The Balaban J connectivity index is 1.98. The number of anilines is 1. The van der Waals surface area contributed by atoms with E-state index in [4.69, 9.17) is 17.3 Å². The van der Waals surface area contributed by atoms with Crippen LogP contribution in [0.1, 0.15) is 26.2 Å². The van der Waals surface area contributed by atoms with E-state index >= 15 is 0 Å². The van der Waals surface area contributed by atoms with Gasteiger partial charge < -0.3 is 10.3 Å². The number of hydrogen-bond donors (Lipinski definition) is 1. The van der Waals surface area contributed by atoms with Crippen LogP contribution in [-0.2, 0) is 6.54 Å². The fourth-order valence-corrected chi connectivity index (χ4v) is 3.37. The van der Waals surface area contributed by atoms with Crippen LogP contribution in [0.2, 0.25) is 5.02 Å². The number of nitrogens with two attached hydrogens (primary N) is 1. The molecule has 4 heteroatoms. The standard InChI is InChI=1S/C14H18ClN3/c1-9-5-6-10(7-9)8-18-13-11(15)3-2-4-12(13)17-14(18)16/h2-4,9-10H,5-8H2,1H3,(H2,16,17). The van der Waals surface area contributed by atoms with Crippen molar-refractivity contribution in [2.24, 2.45) is 11.8 Å². The van der Waals surface area contributed by atoms with Crippen LogP contribution in [0, 0.1) is 11.8 Å². The third-order valence-electron chi connectivity index (χ3n) is 3.99. The van der Waals surface area contributed by atoms with Crippen molar-refractivity contribution in [1.82, 2.24) is 9.55 Å². The first-order chi connectivity index (χ1) is 8.65. The van der Waals surface area contributed by atoms with Gasteiger partial charge >= 0.3 is 0 Å². The fraction of sp³-hybridized carbons (Fsp3) is 0.500. The van der Waals surface area contributed by atoms with Gasteiger partial charge in [0.1, 0.15) is 0 Å². The molecule has 0 radical (unpaired) electrons. The molecule has 0 amide bonds. The quantitative estimate of drug-likeness (QED) is 0.898. The third-order valence-corrected chi connectivity index (χ3v) is 4.30. The van der Waals surface area contributed by atoms with Crippen LogP contribution in [-0.4, -0.2) is 9.55 Å². The Hall–Kier alpha value is -1.22. The smallest absolute Gasteiger partial charge is 0.201 e. The summed E-state index contributed by atoms with van der Waals surface area (Å²) in [5, 5.41) is 0.739. The molecule has 1 aromatic carbocycles. The molecular weight excluding hydrogens is 246 g/mol. The Labute approximate surface area is 112 Å². The predicted molar refractivity (Wildman–Crippen MR) is 75.7 cm³/mol. The molecule has 1 aromatic heterocycles. The molecule has 0 aliphatic heterocycles. The fourth-order valence-electron chi connectivity index (χ4n) is 3.09. The average Bonchev–Trinajstić information content (AvgIpc) is 2.85. The molecule has 1 saturated carbocycles. The van der Waals surface area contributed by atoms with Gasteiger partial charge in [-0.3, -0.25) is 0 Å². The van der Waals surface area contributed by atoms with Crippen molar-refractivity contribution < 1.29 is 0 Å². The summed E-state index contributed by atoms with van der Waals surface area (Å²) >= 11 is 6.27. The number of rotatable bonds is 2. The number of nitrogens with zero attached hydrogens (tertiary/aromatic N) is 2. The first kappa shape index (κ1) is 11.8. The summed E-state index contributed by atoms with van der Waals surface area (Å²) in [5.41, 5.74) is 7.91. The largest absolute Gasteiger partial charge is 0.369 e. The van der Waals surface area contributed by atoms with Crippen molar-refractivity contribution >= 4 is 28.6 Å². The lowest BCUT2D eigenvalue weighted by molar-refractivity contribution is 0.450. The number of halogens is 1. The van der Waals surface area contributed by atoms with Crippen LogP contribution in [0.5, 0.6) is 0 Å². The number of para-hydroxylation sites is 1. The van der Waals surface area contributed by atoms with Gasteiger partial charge in [-0.05, 0) is 36.8 Å². The zero-order valence-electron chi connectivity index (χ0n) is 10.6. The first-order valence-electron chi connectivity index (χ1n) is 6.55. The number of fused-ring (bicyclic) bond motifs is 1. The van der Waals surface area contributed by atoms with Crippen molar-refractivity contribution in [3.63, 3.8) is 0 Å². The highest BCUT2D eigenvalue weighted by Crippen LogP contribution is 2.34. The van der Waals surface area contributed by atoms with Crippen molar-refractivity contribution in [3.8, 4) is 0 Å². The van der Waals surface area contributed by atoms with Crippen molar-refractivity contribution in [2.75, 3.05) is 5.73 Å². The lowest BCUT2D eigenvalue weighted by Crippen LogP contribution is -2.10. The Morgan fingerprint density at radius 1 is 1.44 bits per heavy atom. The van der Waals surface area contributed by atoms with Gasteiger partial charge in [0.15, 0.2) is 0 Å². The van der Waals surface area contributed by atoms with Gasteiger partial charge in [-0.2, -0.15) is 0 Å². The monoisotopic (exact) mass is 263 g/mol. The molecule has 1 heterocycles. The maximum absolute atomic E-state index is 6.27. The van der Waals surface area contributed by atoms with Crippen LogP contribution in [0.25, 0.3) is 11.0 Å². The molecule has 3 rings (SSSR count). The van der Waals surface area contributed by atoms with Gasteiger partial charge in [-0.25, -0.2) is 4.98 Å². The van der Waals surface area contributed by atoms with Gasteiger partial charge in [-0.15, -0.1) is 0 Å². The second-order valence-corrected chi connectivity index (χ2v) is 5.88. The van der Waals surface area contributed by atoms with Crippen LogP contribution in [0.15, 0.2) is 18.2 Å². The van der Waals surface area contributed by atoms with E-state index in [1.807, 2.05) is 18.2 Å². The van der Waals surface area contributed by atoms with E-state index in [2.05, 4.69) is 16.5 Å². The first-order valence-corrected chi connectivity index (χ1v) is 6.93. The van der Waals surface area contributed by atoms with E-state index in [1.54, 1.807) is 0 Å². The predicted octanol–water partition coefficient (Wildman–Crippen LogP) is 3.71. The Morgan fingerprint density at radius 3 is 3.00 bits per heavy atom. The van der Waals surface area contributed by atoms with Crippen molar-refractivity contribution in [3.05, 3.63) is 23.2 Å². The van der Waals surface area contributed by atoms with Crippen LogP contribution in [0.4, 0.5) is 5.95 Å². The van der Waals surface area contributed by atoms with Crippen molar-refractivity contribution in [1.29, 1.82) is 0 Å². The van der Waals surface area contributed by atoms with Gasteiger partial charge in [0.05, 0.1) is 16.1 Å². The molecule has 2 atom stereocenters. The van der Waals surface area contributed by atoms with Crippen molar-refractivity contribution in [2.45, 2.75) is 32.7 Å². The lowest BCUT2D eigenvalue weighted by Gasteiger charge is -2.13. The van der Waals surface area contributed by atoms with Gasteiger partial charge in [0.25, 0.3) is 0 Å². The summed E-state index contributed by atoms with van der Waals surface area (Å²) in [7, 11) is 0. The summed E-state index contributed by atoms with van der Waals surface area (Å²) in [6.45, 7) is 3.26. The molecule has 18 heavy (non-hydrogen) atoms. The number of hydrogen-bond acceptors (Lipinski definition) is 2. The Bertz CT molecular complexity index is 576. The Kier molecular flexibility index (Phi) is 2.94. The maximum Gasteiger partial charge on any atom is 0.201 e. The second-order valence-electron chi connectivity index (χ2n) is 5.47. The van der Waals surface area contributed by atoms with Crippen LogP contribution < -0.4 is 5.73 Å². The minimum atomic E-state index is 0.581. The number of nitrogen functional groups attached to an aromatic ring is 1. The highest BCUT2D eigenvalue weighted by atomic mass is 35.5. The molecule has 2 aromatic rings. The Morgan fingerprint density at radius 2 is 2.28 bits per heavy atom. The van der Waals surface area contributed by atoms with E-state index in [-0.39, 0.29) is 0 Å². The summed E-state index contributed by atoms with van der Waals surface area (Å²) in [4.78, 5) is 4.39. The maximum atomic E-state index is 6.27. The van der Waals surface area contributed by atoms with Crippen LogP contribution in [0.3, 0.4) is 0 Å². The highest BCUT2D eigenvalue weighted by Gasteiger charge is 2.23. The zero-order valence-corrected chi connectivity index (χ0v) is 11.3. The van der Waals surface area contributed by atoms with Crippen LogP contribution >= 0.6 is 11.6 Å². The molecule has 1 fully saturated rings. The normalized spacial score (nSPS) is 23.9. The minimum absolute atomic E-state index is 0.581. The zero-order chi connectivity index (χ0) is 12.7. The van der Waals surface area contributed by atoms with E-state index in [1.165, 1.54) is 19.3 Å². The summed E-state index contributed by atoms with van der Waals surface area (Å²) < 4.78 is 2.08. The minimum Gasteiger partial charge on any atom is -0.369 e. The number of imidazole rings is 1. The lowest BCUT2D eigenvalue weighted by atomic mass is 10.1. The second kappa shape index (κ2) is 4.47.